The van der Waals surface area contributed by atoms with E-state index in [9.17, 15) is 0 Å². The fraction of sp³-hybridized carbons (Fsp3) is 0.625. The van der Waals surface area contributed by atoms with E-state index < -0.39 is 0 Å². The van der Waals surface area contributed by atoms with Crippen molar-refractivity contribution in [1.29, 1.82) is 0 Å². The van der Waals surface area contributed by atoms with E-state index in [2.05, 4.69) is 20.8 Å². The van der Waals surface area contributed by atoms with Crippen LogP contribution in [-0.4, -0.2) is 49.9 Å². The van der Waals surface area contributed by atoms with E-state index in [4.69, 9.17) is 15.2 Å². The fourth-order valence-corrected chi connectivity index (χ4v) is 3.73. The van der Waals surface area contributed by atoms with Crippen LogP contribution in [0.15, 0.2) is 22.7 Å². The SMILES string of the molecule is COc1ccc(Br)c(CC(N)C2CN3CCCC3CO2)c1. The third-order valence-corrected chi connectivity index (χ3v) is 5.38. The zero-order chi connectivity index (χ0) is 14.8. The molecule has 0 spiro atoms. The lowest BCUT2D eigenvalue weighted by Crippen LogP contribution is -2.53. The number of nitrogens with two attached hydrogens (primary N) is 1. The van der Waals surface area contributed by atoms with E-state index in [0.717, 1.165) is 29.8 Å². The lowest BCUT2D eigenvalue weighted by atomic mass is 10.00. The Morgan fingerprint density at radius 3 is 3.19 bits per heavy atom. The van der Waals surface area contributed by atoms with E-state index in [1.165, 1.54) is 24.9 Å². The standard InChI is InChI=1S/C16H23BrN2O2/c1-20-13-4-5-14(17)11(7-13)8-15(18)16-9-19-6-2-3-12(19)10-21-16/h4-5,7,12,15-16H,2-3,6,8-10,18H2,1H3. The Labute approximate surface area is 134 Å². The average molecular weight is 355 g/mol. The molecule has 21 heavy (non-hydrogen) atoms. The summed E-state index contributed by atoms with van der Waals surface area (Å²) in [5, 5.41) is 0. The van der Waals surface area contributed by atoms with E-state index in [1.54, 1.807) is 7.11 Å². The highest BCUT2D eigenvalue weighted by atomic mass is 79.9. The molecule has 1 aromatic rings. The summed E-state index contributed by atoms with van der Waals surface area (Å²) in [6.07, 6.45) is 3.47. The molecule has 0 saturated carbocycles. The predicted molar refractivity (Wildman–Crippen MR) is 86.7 cm³/mol. The van der Waals surface area contributed by atoms with Crippen LogP contribution in [0.5, 0.6) is 5.75 Å². The van der Waals surface area contributed by atoms with Gasteiger partial charge in [-0.15, -0.1) is 0 Å². The minimum Gasteiger partial charge on any atom is -0.497 e. The zero-order valence-corrected chi connectivity index (χ0v) is 14.0. The average Bonchev–Trinajstić information content (AvgIpc) is 2.96. The normalized spacial score (nSPS) is 27.4. The van der Waals surface area contributed by atoms with E-state index >= 15 is 0 Å². The van der Waals surface area contributed by atoms with E-state index in [1.807, 2.05) is 18.2 Å². The van der Waals surface area contributed by atoms with Gasteiger partial charge in [-0.3, -0.25) is 4.90 Å². The molecular weight excluding hydrogens is 332 g/mol. The lowest BCUT2D eigenvalue weighted by Gasteiger charge is -2.37. The summed E-state index contributed by atoms with van der Waals surface area (Å²) >= 11 is 3.59. The van der Waals surface area contributed by atoms with Gasteiger partial charge in [0, 0.05) is 23.1 Å². The predicted octanol–water partition coefficient (Wildman–Crippen LogP) is 2.19. The minimum atomic E-state index is 0.00922. The van der Waals surface area contributed by atoms with Crippen LogP contribution in [0.4, 0.5) is 0 Å². The Balaban J connectivity index is 1.64. The van der Waals surface area contributed by atoms with Crippen molar-refractivity contribution >= 4 is 15.9 Å². The van der Waals surface area contributed by atoms with Crippen molar-refractivity contribution in [2.45, 2.75) is 37.5 Å². The zero-order valence-electron chi connectivity index (χ0n) is 12.4. The molecule has 116 valence electrons. The molecule has 0 aliphatic carbocycles. The summed E-state index contributed by atoms with van der Waals surface area (Å²) in [5.41, 5.74) is 7.59. The van der Waals surface area contributed by atoms with Crippen molar-refractivity contribution in [3.8, 4) is 5.75 Å². The summed E-state index contributed by atoms with van der Waals surface area (Å²) in [4.78, 5) is 2.54. The number of hydrogen-bond acceptors (Lipinski definition) is 4. The Hall–Kier alpha value is -0.620. The van der Waals surface area contributed by atoms with Crippen molar-refractivity contribution in [3.05, 3.63) is 28.2 Å². The molecule has 0 amide bonds. The first-order valence-corrected chi connectivity index (χ1v) is 8.40. The lowest BCUT2D eigenvalue weighted by molar-refractivity contribution is -0.0589. The van der Waals surface area contributed by atoms with Crippen molar-refractivity contribution in [2.75, 3.05) is 26.8 Å². The minimum absolute atomic E-state index is 0.00922. The number of nitrogens with zero attached hydrogens (tertiary/aromatic N) is 1. The molecule has 2 aliphatic heterocycles. The third-order valence-electron chi connectivity index (χ3n) is 4.60. The first-order chi connectivity index (χ1) is 10.2. The highest BCUT2D eigenvalue weighted by molar-refractivity contribution is 9.10. The molecule has 2 N–H and O–H groups in total. The number of benzene rings is 1. The van der Waals surface area contributed by atoms with Crippen LogP contribution in [0.3, 0.4) is 0 Å². The second-order valence-corrected chi connectivity index (χ2v) is 6.84. The second kappa shape index (κ2) is 6.65. The van der Waals surface area contributed by atoms with Crippen molar-refractivity contribution in [1.82, 2.24) is 4.90 Å². The van der Waals surface area contributed by atoms with Gasteiger partial charge in [0.25, 0.3) is 0 Å². The maximum Gasteiger partial charge on any atom is 0.119 e. The van der Waals surface area contributed by atoms with Gasteiger partial charge in [0.1, 0.15) is 5.75 Å². The molecule has 4 nitrogen and oxygen atoms in total. The fourth-order valence-electron chi connectivity index (χ4n) is 3.32. The van der Waals surface area contributed by atoms with Crippen LogP contribution in [0, 0.1) is 0 Å². The number of halogens is 1. The first kappa shape index (κ1) is 15.3. The molecule has 2 fully saturated rings. The quantitative estimate of drug-likeness (QED) is 0.900. The summed E-state index contributed by atoms with van der Waals surface area (Å²) in [7, 11) is 1.69. The molecule has 2 heterocycles. The number of fused-ring (bicyclic) bond motifs is 1. The summed E-state index contributed by atoms with van der Waals surface area (Å²) < 4.78 is 12.4. The Kier molecular flexibility index (Phi) is 4.84. The van der Waals surface area contributed by atoms with E-state index in [0.29, 0.717) is 6.04 Å². The summed E-state index contributed by atoms with van der Waals surface area (Å²) in [6, 6.07) is 6.64. The van der Waals surface area contributed by atoms with Crippen LogP contribution < -0.4 is 10.5 Å². The van der Waals surface area contributed by atoms with Crippen molar-refractivity contribution in [3.63, 3.8) is 0 Å². The van der Waals surface area contributed by atoms with Crippen LogP contribution >= 0.6 is 15.9 Å². The first-order valence-electron chi connectivity index (χ1n) is 7.61. The molecule has 3 unspecified atom stereocenters. The van der Waals surface area contributed by atoms with Crippen molar-refractivity contribution in [2.24, 2.45) is 5.73 Å². The molecule has 3 atom stereocenters. The highest BCUT2D eigenvalue weighted by Crippen LogP contribution is 2.27. The van der Waals surface area contributed by atoms with Gasteiger partial charge < -0.3 is 15.2 Å². The van der Waals surface area contributed by atoms with Gasteiger partial charge in [-0.25, -0.2) is 0 Å². The Morgan fingerprint density at radius 2 is 2.38 bits per heavy atom. The van der Waals surface area contributed by atoms with Gasteiger partial charge in [0.2, 0.25) is 0 Å². The largest absolute Gasteiger partial charge is 0.497 e. The molecule has 2 aliphatic rings. The molecule has 0 aromatic heterocycles. The van der Waals surface area contributed by atoms with Crippen LogP contribution in [-0.2, 0) is 11.2 Å². The Bertz CT molecular complexity index is 497. The monoisotopic (exact) mass is 354 g/mol. The number of rotatable bonds is 4. The molecule has 2 saturated heterocycles. The molecule has 0 bridgehead atoms. The number of ether oxygens (including phenoxy) is 2. The second-order valence-electron chi connectivity index (χ2n) is 5.99. The van der Waals surface area contributed by atoms with Gasteiger partial charge in [-0.05, 0) is 49.6 Å². The molecule has 0 radical (unpaired) electrons. The van der Waals surface area contributed by atoms with Gasteiger partial charge in [-0.2, -0.15) is 0 Å². The molecule has 1 aromatic carbocycles. The van der Waals surface area contributed by atoms with Gasteiger partial charge >= 0.3 is 0 Å². The Morgan fingerprint density at radius 1 is 1.52 bits per heavy atom. The third kappa shape index (κ3) is 3.42. The van der Waals surface area contributed by atoms with Crippen LogP contribution in [0.1, 0.15) is 18.4 Å². The number of hydrogen-bond donors (Lipinski definition) is 1. The van der Waals surface area contributed by atoms with Gasteiger partial charge in [0.05, 0.1) is 19.8 Å². The molecule has 5 heteroatoms. The summed E-state index contributed by atoms with van der Waals surface area (Å²) in [6.45, 7) is 2.99. The maximum atomic E-state index is 6.41. The van der Waals surface area contributed by atoms with Gasteiger partial charge in [-0.1, -0.05) is 15.9 Å². The topological polar surface area (TPSA) is 47.7 Å². The van der Waals surface area contributed by atoms with Crippen LogP contribution in [0.25, 0.3) is 0 Å². The van der Waals surface area contributed by atoms with Crippen molar-refractivity contribution < 1.29 is 9.47 Å². The maximum absolute atomic E-state index is 6.41. The summed E-state index contributed by atoms with van der Waals surface area (Å²) in [5.74, 6) is 0.865. The number of morpholine rings is 1. The highest BCUT2D eigenvalue weighted by Gasteiger charge is 2.34. The number of methoxy groups -OCH3 is 1. The van der Waals surface area contributed by atoms with E-state index in [-0.39, 0.29) is 12.1 Å². The smallest absolute Gasteiger partial charge is 0.119 e. The molecule has 3 rings (SSSR count). The van der Waals surface area contributed by atoms with Crippen LogP contribution in [0.2, 0.25) is 0 Å². The van der Waals surface area contributed by atoms with Gasteiger partial charge in [0.15, 0.2) is 0 Å². The molecular formula is C16H23BrN2O2.